The smallest absolute Gasteiger partial charge is 0.491 e. The number of aromatic nitrogens is 3. The number of hydrogen-bond acceptors (Lipinski definition) is 8. The summed E-state index contributed by atoms with van der Waals surface area (Å²) in [6, 6.07) is 11.1. The van der Waals surface area contributed by atoms with Gasteiger partial charge in [-0.05, 0) is 42.8 Å². The Morgan fingerprint density at radius 3 is 2.52 bits per heavy atom. The second-order valence-corrected chi connectivity index (χ2v) is 9.19. The number of amidine groups is 1. The molecule has 0 fully saturated rings. The minimum Gasteiger partial charge on any atom is -0.494 e. The molecule has 4 aromatic rings. The number of carbonyl (C=O) groups excluding carboxylic acids is 1. The molecular formula is C28H25F5N6O5. The summed E-state index contributed by atoms with van der Waals surface area (Å²) < 4.78 is 83.5. The molecule has 0 aliphatic carbocycles. The third-order valence-corrected chi connectivity index (χ3v) is 6.10. The fraction of sp³-hybridized carbons (Fsp3) is 0.214. The molecule has 0 radical (unpaired) electrons. The Kier molecular flexibility index (Phi) is 9.20. The Balaban J connectivity index is 1.88. The van der Waals surface area contributed by atoms with Gasteiger partial charge in [-0.1, -0.05) is 18.2 Å². The number of halogens is 5. The summed E-state index contributed by atoms with van der Waals surface area (Å²) in [5.74, 6) is -5.09. The largest absolute Gasteiger partial charge is 0.494 e. The van der Waals surface area contributed by atoms with Crippen LogP contribution in [0.4, 0.5) is 27.6 Å². The van der Waals surface area contributed by atoms with Crippen LogP contribution < -0.4 is 31.0 Å². The first-order valence-electron chi connectivity index (χ1n) is 12.7. The molecule has 44 heavy (non-hydrogen) atoms. The summed E-state index contributed by atoms with van der Waals surface area (Å²) in [4.78, 5) is 27.2. The highest BCUT2D eigenvalue weighted by molar-refractivity contribution is 5.99. The average Bonchev–Trinajstić information content (AvgIpc) is 3.36. The van der Waals surface area contributed by atoms with Crippen molar-refractivity contribution in [3.8, 4) is 22.9 Å². The minimum absolute atomic E-state index is 0.0511. The molecule has 1 unspecified atom stereocenters. The predicted octanol–water partition coefficient (Wildman–Crippen LogP) is 4.32. The maximum atomic E-state index is 15.8. The van der Waals surface area contributed by atoms with E-state index in [1.165, 1.54) is 25.3 Å². The van der Waals surface area contributed by atoms with Crippen molar-refractivity contribution in [2.45, 2.75) is 19.1 Å². The summed E-state index contributed by atoms with van der Waals surface area (Å²) in [5, 5.41) is 14.9. The van der Waals surface area contributed by atoms with Crippen molar-refractivity contribution < 1.29 is 41.0 Å². The van der Waals surface area contributed by atoms with Gasteiger partial charge < -0.3 is 25.3 Å². The van der Waals surface area contributed by atoms with E-state index in [9.17, 15) is 27.2 Å². The lowest BCUT2D eigenvalue weighted by Gasteiger charge is -2.21. The first-order valence-corrected chi connectivity index (χ1v) is 12.7. The number of nitrogens with two attached hydrogens (primary N) is 1. The first kappa shape index (κ1) is 31.5. The molecule has 0 saturated carbocycles. The fourth-order valence-electron chi connectivity index (χ4n) is 4.20. The quantitative estimate of drug-likeness (QED) is 0.0635. The Morgan fingerprint density at radius 2 is 1.86 bits per heavy atom. The van der Waals surface area contributed by atoms with Crippen LogP contribution in [0.1, 0.15) is 28.6 Å². The Morgan fingerprint density at radius 1 is 1.14 bits per heavy atom. The van der Waals surface area contributed by atoms with Crippen LogP contribution in [0, 0.1) is 18.2 Å². The van der Waals surface area contributed by atoms with Gasteiger partial charge in [0.15, 0.2) is 17.4 Å². The average molecular weight is 621 g/mol. The van der Waals surface area contributed by atoms with Crippen molar-refractivity contribution in [1.29, 1.82) is 5.41 Å². The zero-order chi connectivity index (χ0) is 32.2. The SMILES string of the molecule is COc1ccccc1-n1nc(C(Nc2ccc(C(=N)N)c(OC(=O)C(F)(F)F)c2)c2cc(C)cc(OCCF)c2F)[nH]c1=O. The molecule has 4 rings (SSSR count). The van der Waals surface area contributed by atoms with Gasteiger partial charge in [-0.25, -0.2) is 18.4 Å². The number of H-pyrrole nitrogens is 1. The summed E-state index contributed by atoms with van der Waals surface area (Å²) in [6.07, 6.45) is -5.36. The number of aryl methyl sites for hydroxylation is 1. The molecular weight excluding hydrogens is 595 g/mol. The molecule has 1 heterocycles. The maximum absolute atomic E-state index is 15.8. The van der Waals surface area contributed by atoms with E-state index in [0.717, 1.165) is 16.8 Å². The molecule has 0 spiro atoms. The van der Waals surface area contributed by atoms with Crippen molar-refractivity contribution in [1.82, 2.24) is 14.8 Å². The Hall–Kier alpha value is -5.41. The molecule has 3 aromatic carbocycles. The van der Waals surface area contributed by atoms with Crippen LogP contribution in [0.25, 0.3) is 5.69 Å². The van der Waals surface area contributed by atoms with Crippen LogP contribution in [0.5, 0.6) is 17.2 Å². The van der Waals surface area contributed by atoms with Gasteiger partial charge in [-0.15, -0.1) is 5.10 Å². The van der Waals surface area contributed by atoms with Crippen LogP contribution in [0.2, 0.25) is 0 Å². The zero-order valence-corrected chi connectivity index (χ0v) is 23.1. The number of rotatable bonds is 11. The molecule has 0 aliphatic rings. The number of nitrogens with one attached hydrogen (secondary N) is 3. The van der Waals surface area contributed by atoms with Gasteiger partial charge in [0.1, 0.15) is 42.3 Å². The highest BCUT2D eigenvalue weighted by atomic mass is 19.4. The molecule has 1 atom stereocenters. The number of benzene rings is 3. The third kappa shape index (κ3) is 6.79. The molecule has 1 aromatic heterocycles. The lowest BCUT2D eigenvalue weighted by molar-refractivity contribution is -0.189. The number of carbonyl (C=O) groups is 1. The number of para-hydroxylation sites is 2. The highest BCUT2D eigenvalue weighted by Gasteiger charge is 2.42. The summed E-state index contributed by atoms with van der Waals surface area (Å²) >= 11 is 0. The molecule has 0 amide bonds. The lowest BCUT2D eigenvalue weighted by Crippen LogP contribution is -2.29. The maximum Gasteiger partial charge on any atom is 0.491 e. The van der Waals surface area contributed by atoms with Crippen LogP contribution >= 0.6 is 0 Å². The molecule has 0 bridgehead atoms. The molecule has 5 N–H and O–H groups in total. The van der Waals surface area contributed by atoms with Crippen LogP contribution in [0.15, 0.2) is 59.4 Å². The molecule has 11 nitrogen and oxygen atoms in total. The number of esters is 1. The predicted molar refractivity (Wildman–Crippen MR) is 148 cm³/mol. The number of ether oxygens (including phenoxy) is 3. The second-order valence-electron chi connectivity index (χ2n) is 9.19. The summed E-state index contributed by atoms with van der Waals surface area (Å²) in [7, 11) is 1.39. The number of nitrogen functional groups attached to an aromatic ring is 1. The zero-order valence-electron chi connectivity index (χ0n) is 23.1. The number of aromatic amines is 1. The van der Waals surface area contributed by atoms with Gasteiger partial charge in [0.05, 0.1) is 12.7 Å². The van der Waals surface area contributed by atoms with Crippen LogP contribution in [-0.2, 0) is 4.79 Å². The van der Waals surface area contributed by atoms with E-state index >= 15 is 4.39 Å². The van der Waals surface area contributed by atoms with E-state index in [4.69, 9.17) is 20.6 Å². The van der Waals surface area contributed by atoms with Crippen molar-refractivity contribution in [3.63, 3.8) is 0 Å². The van der Waals surface area contributed by atoms with Crippen LogP contribution in [-0.4, -0.2) is 53.1 Å². The molecule has 16 heteroatoms. The van der Waals surface area contributed by atoms with Gasteiger partial charge >= 0.3 is 17.8 Å². The monoisotopic (exact) mass is 620 g/mol. The van der Waals surface area contributed by atoms with Crippen molar-refractivity contribution in [2.75, 3.05) is 25.7 Å². The van der Waals surface area contributed by atoms with E-state index in [-0.39, 0.29) is 39.8 Å². The number of anilines is 1. The van der Waals surface area contributed by atoms with Gasteiger partial charge in [-0.2, -0.15) is 17.9 Å². The number of hydrogen-bond donors (Lipinski definition) is 4. The van der Waals surface area contributed by atoms with E-state index in [1.54, 1.807) is 31.2 Å². The van der Waals surface area contributed by atoms with E-state index in [1.807, 2.05) is 0 Å². The van der Waals surface area contributed by atoms with Gasteiger partial charge in [0.25, 0.3) is 0 Å². The third-order valence-electron chi connectivity index (χ3n) is 6.10. The second kappa shape index (κ2) is 12.8. The summed E-state index contributed by atoms with van der Waals surface area (Å²) in [6.45, 7) is 0.259. The van der Waals surface area contributed by atoms with Gasteiger partial charge in [0, 0.05) is 17.3 Å². The number of alkyl halides is 4. The van der Waals surface area contributed by atoms with Gasteiger partial charge in [-0.3, -0.25) is 10.4 Å². The van der Waals surface area contributed by atoms with Crippen LogP contribution in [0.3, 0.4) is 0 Å². The molecule has 232 valence electrons. The summed E-state index contributed by atoms with van der Waals surface area (Å²) in [5.41, 5.74) is 4.90. The minimum atomic E-state index is -5.36. The van der Waals surface area contributed by atoms with Crippen molar-refractivity contribution in [2.24, 2.45) is 5.73 Å². The first-order chi connectivity index (χ1) is 20.8. The van der Waals surface area contributed by atoms with Crippen molar-refractivity contribution >= 4 is 17.5 Å². The lowest BCUT2D eigenvalue weighted by atomic mass is 10.0. The highest BCUT2D eigenvalue weighted by Crippen LogP contribution is 2.34. The van der Waals surface area contributed by atoms with E-state index in [0.29, 0.717) is 5.56 Å². The number of nitrogens with zero attached hydrogens (tertiary/aromatic N) is 2. The van der Waals surface area contributed by atoms with E-state index in [2.05, 4.69) is 20.1 Å². The number of methoxy groups -OCH3 is 1. The van der Waals surface area contributed by atoms with Crippen molar-refractivity contribution in [3.05, 3.63) is 93.4 Å². The topological polar surface area (TPSA) is 157 Å². The standard InChI is InChI=1S/C28H25F5N6O5/c1-14-11-17(22(30)21(12-14)43-10-9-29)23(25-37-27(41)39(38-25)18-5-3-4-6-19(18)42-2)36-15-7-8-16(24(34)35)20(13-15)44-26(40)28(31,32)33/h3-8,11-13,23,36H,9-10H2,1-2H3,(H3,34,35)(H,37,38,41). The fourth-order valence-corrected chi connectivity index (χ4v) is 4.20. The van der Waals surface area contributed by atoms with E-state index < -0.39 is 54.6 Å². The molecule has 0 aliphatic heterocycles. The Labute approximate surface area is 245 Å². The van der Waals surface area contributed by atoms with Gasteiger partial charge in [0.2, 0.25) is 0 Å². The normalized spacial score (nSPS) is 12.0. The Bertz CT molecular complexity index is 1750. The molecule has 0 saturated heterocycles.